The molecular formula is C17H14FN5O2S. The highest BCUT2D eigenvalue weighted by molar-refractivity contribution is 7.89. The van der Waals surface area contributed by atoms with Crippen molar-refractivity contribution >= 4 is 20.9 Å². The minimum Gasteiger partial charge on any atom is -0.360 e. The fraction of sp³-hybridized carbons (Fsp3) is 0.0588. The van der Waals surface area contributed by atoms with E-state index in [0.717, 1.165) is 0 Å². The van der Waals surface area contributed by atoms with Gasteiger partial charge in [0.2, 0.25) is 10.0 Å². The summed E-state index contributed by atoms with van der Waals surface area (Å²) in [6.07, 6.45) is 7.81. The summed E-state index contributed by atoms with van der Waals surface area (Å²) in [5.41, 5.74) is 1.08. The lowest BCUT2D eigenvalue weighted by atomic mass is 10.2. The molecule has 0 unspecified atom stereocenters. The first kappa shape index (κ1) is 16.4. The molecule has 0 saturated carbocycles. The van der Waals surface area contributed by atoms with Crippen LogP contribution in [0.2, 0.25) is 0 Å². The van der Waals surface area contributed by atoms with Crippen LogP contribution in [0.3, 0.4) is 0 Å². The van der Waals surface area contributed by atoms with Gasteiger partial charge in [-0.05, 0) is 18.2 Å². The summed E-state index contributed by atoms with van der Waals surface area (Å²) in [6.45, 7) is 0.00477. The van der Waals surface area contributed by atoms with Gasteiger partial charge in [0.25, 0.3) is 0 Å². The number of sulfonamides is 1. The average Bonchev–Trinajstić information content (AvgIpc) is 3.31. The number of fused-ring (bicyclic) bond motifs is 1. The van der Waals surface area contributed by atoms with Crippen molar-refractivity contribution in [1.82, 2.24) is 24.2 Å². The van der Waals surface area contributed by atoms with Crippen LogP contribution in [0.5, 0.6) is 0 Å². The molecule has 7 nitrogen and oxygen atoms in total. The lowest BCUT2D eigenvalue weighted by Gasteiger charge is -2.10. The number of nitrogens with zero attached hydrogens (tertiary/aromatic N) is 3. The summed E-state index contributed by atoms with van der Waals surface area (Å²) in [4.78, 5) is 10.9. The Morgan fingerprint density at radius 1 is 1.19 bits per heavy atom. The number of halogens is 1. The maximum Gasteiger partial charge on any atom is 0.243 e. The van der Waals surface area contributed by atoms with Crippen molar-refractivity contribution < 1.29 is 12.8 Å². The lowest BCUT2D eigenvalue weighted by molar-refractivity contribution is 0.580. The third-order valence-electron chi connectivity index (χ3n) is 3.98. The van der Waals surface area contributed by atoms with E-state index in [1.54, 1.807) is 47.7 Å². The van der Waals surface area contributed by atoms with Crippen LogP contribution in [0.25, 0.3) is 16.7 Å². The Bertz CT molecular complexity index is 1170. The Morgan fingerprint density at radius 2 is 2.08 bits per heavy atom. The molecule has 132 valence electrons. The molecule has 0 bridgehead atoms. The van der Waals surface area contributed by atoms with Crippen molar-refractivity contribution in [2.75, 3.05) is 0 Å². The summed E-state index contributed by atoms with van der Waals surface area (Å²) in [5, 5.41) is 0.0426. The largest absolute Gasteiger partial charge is 0.360 e. The second-order valence-corrected chi connectivity index (χ2v) is 7.33. The van der Waals surface area contributed by atoms with Crippen molar-refractivity contribution in [2.24, 2.45) is 0 Å². The monoisotopic (exact) mass is 371 g/mol. The molecule has 4 rings (SSSR count). The number of H-pyrrole nitrogens is 1. The van der Waals surface area contributed by atoms with Gasteiger partial charge in [-0.2, -0.15) is 0 Å². The highest BCUT2D eigenvalue weighted by atomic mass is 32.2. The highest BCUT2D eigenvalue weighted by Gasteiger charge is 2.21. The fourth-order valence-electron chi connectivity index (χ4n) is 2.76. The van der Waals surface area contributed by atoms with Crippen LogP contribution in [0.15, 0.2) is 66.3 Å². The minimum absolute atomic E-state index is 0.00477. The normalized spacial score (nSPS) is 11.9. The van der Waals surface area contributed by atoms with Crippen LogP contribution in [0, 0.1) is 5.82 Å². The minimum atomic E-state index is -3.92. The first-order valence-corrected chi connectivity index (χ1v) is 9.22. The molecule has 0 fully saturated rings. The van der Waals surface area contributed by atoms with Gasteiger partial charge in [0.05, 0.1) is 5.39 Å². The standard InChI is InChI=1S/C17H14FN5O2S/c18-13-4-1-5-14-16(13)15(10-21-14)26(24,25)22-9-12-3-2-6-20-17(12)23-8-7-19-11-23/h1-8,10-11,21-22H,9H2. The molecule has 0 amide bonds. The van der Waals surface area contributed by atoms with Gasteiger partial charge >= 0.3 is 0 Å². The van der Waals surface area contributed by atoms with Crippen LogP contribution >= 0.6 is 0 Å². The van der Waals surface area contributed by atoms with Crippen molar-refractivity contribution in [3.63, 3.8) is 0 Å². The van der Waals surface area contributed by atoms with Crippen molar-refractivity contribution in [2.45, 2.75) is 11.4 Å². The van der Waals surface area contributed by atoms with Gasteiger partial charge in [0, 0.05) is 42.4 Å². The summed E-state index contributed by atoms with van der Waals surface area (Å²) < 4.78 is 43.7. The van der Waals surface area contributed by atoms with E-state index in [-0.39, 0.29) is 16.8 Å². The number of aromatic amines is 1. The topological polar surface area (TPSA) is 92.7 Å². The SMILES string of the molecule is O=S(=O)(NCc1cccnc1-n1ccnc1)c1c[nH]c2cccc(F)c12. The van der Waals surface area contributed by atoms with E-state index < -0.39 is 15.8 Å². The Kier molecular flexibility index (Phi) is 4.02. The smallest absolute Gasteiger partial charge is 0.243 e. The average molecular weight is 371 g/mol. The summed E-state index contributed by atoms with van der Waals surface area (Å²) >= 11 is 0. The van der Waals surface area contributed by atoms with Gasteiger partial charge in [0.15, 0.2) is 0 Å². The zero-order valence-electron chi connectivity index (χ0n) is 13.4. The molecule has 0 saturated heterocycles. The number of pyridine rings is 1. The van der Waals surface area contributed by atoms with Crippen molar-refractivity contribution in [3.05, 3.63) is 72.8 Å². The van der Waals surface area contributed by atoms with Crippen LogP contribution in [0.4, 0.5) is 4.39 Å². The molecule has 3 heterocycles. The molecule has 4 aromatic rings. The van der Waals surface area contributed by atoms with E-state index in [1.165, 1.54) is 18.3 Å². The third-order valence-corrected chi connectivity index (χ3v) is 5.40. The quantitative estimate of drug-likeness (QED) is 0.563. The van der Waals surface area contributed by atoms with Crippen molar-refractivity contribution in [3.8, 4) is 5.82 Å². The number of aromatic nitrogens is 4. The molecule has 0 radical (unpaired) electrons. The van der Waals surface area contributed by atoms with Crippen LogP contribution in [-0.4, -0.2) is 27.9 Å². The van der Waals surface area contributed by atoms with Crippen LogP contribution < -0.4 is 4.72 Å². The number of rotatable bonds is 5. The molecular weight excluding hydrogens is 357 g/mol. The van der Waals surface area contributed by atoms with Crippen LogP contribution in [-0.2, 0) is 16.6 Å². The lowest BCUT2D eigenvalue weighted by Crippen LogP contribution is -2.24. The molecule has 0 aliphatic rings. The predicted octanol–water partition coefficient (Wildman–Crippen LogP) is 2.37. The Hall–Kier alpha value is -3.04. The predicted molar refractivity (Wildman–Crippen MR) is 93.6 cm³/mol. The fourth-order valence-corrected chi connectivity index (χ4v) is 3.95. The zero-order chi connectivity index (χ0) is 18.1. The summed E-state index contributed by atoms with van der Waals surface area (Å²) in [7, 11) is -3.92. The zero-order valence-corrected chi connectivity index (χ0v) is 14.2. The van der Waals surface area contributed by atoms with Gasteiger partial charge in [-0.3, -0.25) is 4.57 Å². The molecule has 9 heteroatoms. The first-order valence-electron chi connectivity index (χ1n) is 7.74. The maximum absolute atomic E-state index is 14.1. The van der Waals surface area contributed by atoms with E-state index in [4.69, 9.17) is 0 Å². The number of imidazole rings is 1. The number of hydrogen-bond donors (Lipinski definition) is 2. The van der Waals surface area contributed by atoms with Gasteiger partial charge in [-0.25, -0.2) is 27.5 Å². The third kappa shape index (κ3) is 2.87. The van der Waals surface area contributed by atoms with E-state index in [9.17, 15) is 12.8 Å². The Morgan fingerprint density at radius 3 is 2.88 bits per heavy atom. The van der Waals surface area contributed by atoms with Gasteiger partial charge in [-0.15, -0.1) is 0 Å². The second-order valence-electron chi connectivity index (χ2n) is 5.60. The van der Waals surface area contributed by atoms with Gasteiger partial charge in [-0.1, -0.05) is 12.1 Å². The van der Waals surface area contributed by atoms with Crippen molar-refractivity contribution in [1.29, 1.82) is 0 Å². The van der Waals surface area contributed by atoms with Crippen LogP contribution in [0.1, 0.15) is 5.56 Å². The second kappa shape index (κ2) is 6.36. The maximum atomic E-state index is 14.1. The molecule has 0 aliphatic carbocycles. The molecule has 0 aliphatic heterocycles. The number of hydrogen-bond acceptors (Lipinski definition) is 4. The van der Waals surface area contributed by atoms with E-state index in [1.807, 2.05) is 0 Å². The van der Waals surface area contributed by atoms with E-state index >= 15 is 0 Å². The Labute approximate surface area is 148 Å². The summed E-state index contributed by atoms with van der Waals surface area (Å²) in [6, 6.07) is 7.85. The van der Waals surface area contributed by atoms with E-state index in [2.05, 4.69) is 19.7 Å². The first-order chi connectivity index (χ1) is 12.6. The molecule has 2 N–H and O–H groups in total. The van der Waals surface area contributed by atoms with E-state index in [0.29, 0.717) is 16.9 Å². The summed E-state index contributed by atoms with van der Waals surface area (Å²) in [5.74, 6) is -0.0255. The van der Waals surface area contributed by atoms with Gasteiger partial charge < -0.3 is 4.98 Å². The van der Waals surface area contributed by atoms with Gasteiger partial charge in [0.1, 0.15) is 22.9 Å². The molecule has 3 aromatic heterocycles. The molecule has 1 aromatic carbocycles. The molecule has 0 spiro atoms. The highest BCUT2D eigenvalue weighted by Crippen LogP contribution is 2.25. The Balaban J connectivity index is 1.66. The number of benzene rings is 1. The molecule has 26 heavy (non-hydrogen) atoms. The molecule has 0 atom stereocenters. The number of nitrogens with one attached hydrogen (secondary N) is 2.